The minimum absolute atomic E-state index is 0.0641. The van der Waals surface area contributed by atoms with Crippen molar-refractivity contribution in [1.82, 2.24) is 15.5 Å². The second-order valence-electron chi connectivity index (χ2n) is 3.32. The van der Waals surface area contributed by atoms with Gasteiger partial charge in [0.2, 0.25) is 5.91 Å². The lowest BCUT2D eigenvalue weighted by molar-refractivity contribution is -0.126. The molecule has 0 aromatic carbocycles. The molecule has 0 aromatic heterocycles. The number of rotatable bonds is 3. The SMILES string of the molecule is C#CCCN1CCNCC1C(=O)NC. The van der Waals surface area contributed by atoms with Gasteiger partial charge in [0.25, 0.3) is 0 Å². The van der Waals surface area contributed by atoms with E-state index in [4.69, 9.17) is 6.42 Å². The van der Waals surface area contributed by atoms with Crippen molar-refractivity contribution >= 4 is 5.91 Å². The first-order valence-electron chi connectivity index (χ1n) is 4.89. The average Bonchev–Trinajstić information content (AvgIpc) is 2.25. The van der Waals surface area contributed by atoms with Crippen LogP contribution in [0.2, 0.25) is 0 Å². The van der Waals surface area contributed by atoms with Crippen molar-refractivity contribution < 1.29 is 4.79 Å². The molecule has 2 N–H and O–H groups in total. The lowest BCUT2D eigenvalue weighted by Gasteiger charge is -2.34. The van der Waals surface area contributed by atoms with Crippen molar-refractivity contribution in [2.24, 2.45) is 0 Å². The molecule has 78 valence electrons. The van der Waals surface area contributed by atoms with E-state index in [1.165, 1.54) is 0 Å². The van der Waals surface area contributed by atoms with Crippen LogP contribution in [-0.4, -0.2) is 50.1 Å². The predicted molar refractivity (Wildman–Crippen MR) is 55.7 cm³/mol. The first-order valence-corrected chi connectivity index (χ1v) is 4.89. The fourth-order valence-electron chi connectivity index (χ4n) is 1.65. The Hall–Kier alpha value is -1.05. The van der Waals surface area contributed by atoms with E-state index in [1.54, 1.807) is 7.05 Å². The summed E-state index contributed by atoms with van der Waals surface area (Å²) in [6, 6.07) is -0.0675. The normalized spacial score (nSPS) is 22.7. The Morgan fingerprint density at radius 2 is 2.57 bits per heavy atom. The van der Waals surface area contributed by atoms with Crippen molar-refractivity contribution in [2.45, 2.75) is 12.5 Å². The number of carbonyl (C=O) groups is 1. The summed E-state index contributed by atoms with van der Waals surface area (Å²) in [6.07, 6.45) is 5.91. The Kier molecular flexibility index (Phi) is 4.44. The van der Waals surface area contributed by atoms with Crippen LogP contribution in [0.3, 0.4) is 0 Å². The van der Waals surface area contributed by atoms with Crippen LogP contribution >= 0.6 is 0 Å². The van der Waals surface area contributed by atoms with Crippen LogP contribution in [0.25, 0.3) is 0 Å². The zero-order chi connectivity index (χ0) is 10.4. The van der Waals surface area contributed by atoms with Gasteiger partial charge in [0.05, 0.1) is 0 Å². The molecule has 4 nitrogen and oxygen atoms in total. The maximum Gasteiger partial charge on any atom is 0.238 e. The molecule has 1 saturated heterocycles. The summed E-state index contributed by atoms with van der Waals surface area (Å²) in [5, 5.41) is 5.87. The van der Waals surface area contributed by atoms with Gasteiger partial charge in [-0.25, -0.2) is 0 Å². The zero-order valence-electron chi connectivity index (χ0n) is 8.55. The van der Waals surface area contributed by atoms with E-state index in [-0.39, 0.29) is 11.9 Å². The number of amides is 1. The molecule has 14 heavy (non-hydrogen) atoms. The van der Waals surface area contributed by atoms with Gasteiger partial charge < -0.3 is 10.6 Å². The molecular formula is C10H17N3O. The van der Waals surface area contributed by atoms with Gasteiger partial charge in [-0.2, -0.15) is 0 Å². The summed E-state index contributed by atoms with van der Waals surface area (Å²) in [5.74, 6) is 2.66. The molecule has 1 heterocycles. The number of piperazine rings is 1. The van der Waals surface area contributed by atoms with Gasteiger partial charge in [-0.05, 0) is 0 Å². The highest BCUT2D eigenvalue weighted by molar-refractivity contribution is 5.81. The molecule has 1 rings (SSSR count). The van der Waals surface area contributed by atoms with Crippen LogP contribution in [0.1, 0.15) is 6.42 Å². The molecule has 1 amide bonds. The Morgan fingerprint density at radius 3 is 3.21 bits per heavy atom. The molecule has 0 aliphatic carbocycles. The topological polar surface area (TPSA) is 44.4 Å². The van der Waals surface area contributed by atoms with Crippen LogP contribution in [0.4, 0.5) is 0 Å². The Morgan fingerprint density at radius 1 is 1.79 bits per heavy atom. The quantitative estimate of drug-likeness (QED) is 0.570. The molecule has 0 aromatic rings. The smallest absolute Gasteiger partial charge is 0.238 e. The number of nitrogens with zero attached hydrogens (tertiary/aromatic N) is 1. The number of hydrogen-bond acceptors (Lipinski definition) is 3. The predicted octanol–water partition coefficient (Wildman–Crippen LogP) is -0.970. The minimum atomic E-state index is -0.0675. The van der Waals surface area contributed by atoms with E-state index in [0.717, 1.165) is 19.6 Å². The maximum atomic E-state index is 11.5. The van der Waals surface area contributed by atoms with E-state index in [1.807, 2.05) is 0 Å². The second kappa shape index (κ2) is 5.63. The number of carbonyl (C=O) groups excluding carboxylic acids is 1. The van der Waals surface area contributed by atoms with Crippen molar-refractivity contribution in [1.29, 1.82) is 0 Å². The molecule has 0 saturated carbocycles. The second-order valence-corrected chi connectivity index (χ2v) is 3.32. The molecule has 4 heteroatoms. The van der Waals surface area contributed by atoms with Crippen LogP contribution in [0.15, 0.2) is 0 Å². The van der Waals surface area contributed by atoms with Gasteiger partial charge in [0, 0.05) is 39.6 Å². The van der Waals surface area contributed by atoms with E-state index < -0.39 is 0 Å². The minimum Gasteiger partial charge on any atom is -0.358 e. The van der Waals surface area contributed by atoms with Crippen LogP contribution in [0.5, 0.6) is 0 Å². The fraction of sp³-hybridized carbons (Fsp3) is 0.700. The van der Waals surface area contributed by atoms with Gasteiger partial charge in [-0.1, -0.05) is 0 Å². The van der Waals surface area contributed by atoms with Gasteiger partial charge in [-0.3, -0.25) is 9.69 Å². The Labute approximate surface area is 85.0 Å². The summed E-state index contributed by atoms with van der Waals surface area (Å²) < 4.78 is 0. The first-order chi connectivity index (χ1) is 6.79. The summed E-state index contributed by atoms with van der Waals surface area (Å²) in [6.45, 7) is 3.33. The van der Waals surface area contributed by atoms with E-state index >= 15 is 0 Å². The third-order valence-corrected chi connectivity index (χ3v) is 2.45. The summed E-state index contributed by atoms with van der Waals surface area (Å²) in [7, 11) is 1.66. The highest BCUT2D eigenvalue weighted by Gasteiger charge is 2.26. The van der Waals surface area contributed by atoms with Gasteiger partial charge in [0.1, 0.15) is 6.04 Å². The average molecular weight is 195 g/mol. The monoisotopic (exact) mass is 195 g/mol. The third-order valence-electron chi connectivity index (χ3n) is 2.45. The van der Waals surface area contributed by atoms with Crippen LogP contribution in [0, 0.1) is 12.3 Å². The van der Waals surface area contributed by atoms with Crippen molar-refractivity contribution in [2.75, 3.05) is 33.2 Å². The van der Waals surface area contributed by atoms with Crippen molar-refractivity contribution in [3.05, 3.63) is 0 Å². The summed E-state index contributed by atoms with van der Waals surface area (Å²) >= 11 is 0. The number of hydrogen-bond donors (Lipinski definition) is 2. The molecule has 1 unspecified atom stereocenters. The van der Waals surface area contributed by atoms with Gasteiger partial charge >= 0.3 is 0 Å². The molecule has 1 aliphatic heterocycles. The number of terminal acetylenes is 1. The number of likely N-dealkylation sites (N-methyl/N-ethyl adjacent to an activating group) is 1. The molecule has 0 radical (unpaired) electrons. The summed E-state index contributed by atoms with van der Waals surface area (Å²) in [5.41, 5.74) is 0. The van der Waals surface area contributed by atoms with E-state index in [0.29, 0.717) is 13.0 Å². The molecular weight excluding hydrogens is 178 g/mol. The van der Waals surface area contributed by atoms with E-state index in [9.17, 15) is 4.79 Å². The van der Waals surface area contributed by atoms with Crippen molar-refractivity contribution in [3.63, 3.8) is 0 Å². The standard InChI is InChI=1S/C10H17N3O/c1-3-4-6-13-7-5-12-8-9(13)10(14)11-2/h1,9,12H,4-8H2,2H3,(H,11,14). The fourth-order valence-corrected chi connectivity index (χ4v) is 1.65. The highest BCUT2D eigenvalue weighted by Crippen LogP contribution is 2.03. The lowest BCUT2D eigenvalue weighted by Crippen LogP contribution is -2.57. The van der Waals surface area contributed by atoms with Gasteiger partial charge in [0.15, 0.2) is 0 Å². The van der Waals surface area contributed by atoms with Crippen LogP contribution in [-0.2, 0) is 4.79 Å². The van der Waals surface area contributed by atoms with Gasteiger partial charge in [-0.15, -0.1) is 12.3 Å². The maximum absolute atomic E-state index is 11.5. The first kappa shape index (κ1) is 11.0. The van der Waals surface area contributed by atoms with E-state index in [2.05, 4.69) is 21.5 Å². The summed E-state index contributed by atoms with van der Waals surface area (Å²) in [4.78, 5) is 13.6. The van der Waals surface area contributed by atoms with Crippen LogP contribution < -0.4 is 10.6 Å². The largest absolute Gasteiger partial charge is 0.358 e. The zero-order valence-corrected chi connectivity index (χ0v) is 8.55. The highest BCUT2D eigenvalue weighted by atomic mass is 16.2. The molecule has 1 aliphatic rings. The van der Waals surface area contributed by atoms with Crippen molar-refractivity contribution in [3.8, 4) is 12.3 Å². The molecule has 0 bridgehead atoms. The Balaban J connectivity index is 2.50. The molecule has 1 atom stereocenters. The lowest BCUT2D eigenvalue weighted by atomic mass is 10.1. The Bertz CT molecular complexity index is 234. The number of nitrogens with one attached hydrogen (secondary N) is 2. The third kappa shape index (κ3) is 2.72. The molecule has 0 spiro atoms. The molecule has 1 fully saturated rings.